The van der Waals surface area contributed by atoms with E-state index in [4.69, 9.17) is 0 Å². The molecule has 0 aromatic heterocycles. The highest BCUT2D eigenvalue weighted by Gasteiger charge is 2.21. The van der Waals surface area contributed by atoms with E-state index in [0.717, 1.165) is 21.8 Å². The fourth-order valence-corrected chi connectivity index (χ4v) is 3.75. The Kier molecular flexibility index (Phi) is 4.69. The van der Waals surface area contributed by atoms with E-state index in [0.29, 0.717) is 18.3 Å². The van der Waals surface area contributed by atoms with Gasteiger partial charge in [0, 0.05) is 21.5 Å². The van der Waals surface area contributed by atoms with E-state index in [1.54, 1.807) is 18.2 Å². The molecule has 1 saturated carbocycles. The van der Waals surface area contributed by atoms with Crippen LogP contribution < -0.4 is 10.0 Å². The smallest absolute Gasteiger partial charge is 0.234 e. The molecule has 0 bridgehead atoms. The fraction of sp³-hybridized carbons (Fsp3) is 0.455. The van der Waals surface area contributed by atoms with Gasteiger partial charge in [0.25, 0.3) is 0 Å². The number of anilines is 1. The van der Waals surface area contributed by atoms with Gasteiger partial charge in [-0.25, -0.2) is 8.42 Å². The first kappa shape index (κ1) is 14.3. The van der Waals surface area contributed by atoms with Crippen LogP contribution in [-0.4, -0.2) is 26.8 Å². The average Bonchev–Trinajstić information content (AvgIpc) is 3.06. The maximum atomic E-state index is 11.9. The lowest BCUT2D eigenvalue weighted by molar-refractivity contribution is 0.595. The van der Waals surface area contributed by atoms with Gasteiger partial charge in [-0.2, -0.15) is 0 Å². The molecule has 4 nitrogen and oxygen atoms in total. The summed E-state index contributed by atoms with van der Waals surface area (Å²) in [5.74, 6) is 0.0893. The third-order valence-electron chi connectivity index (χ3n) is 2.58. The van der Waals surface area contributed by atoms with Gasteiger partial charge >= 0.3 is 0 Å². The van der Waals surface area contributed by atoms with Crippen LogP contribution in [0.4, 0.5) is 5.69 Å². The Morgan fingerprint density at radius 2 is 2.00 bits per heavy atom. The summed E-state index contributed by atoms with van der Waals surface area (Å²) < 4.78 is 27.9. The predicted molar refractivity (Wildman–Crippen MR) is 80.3 cm³/mol. The van der Waals surface area contributed by atoms with E-state index in [1.165, 1.54) is 0 Å². The van der Waals surface area contributed by atoms with E-state index >= 15 is 0 Å². The highest BCUT2D eigenvalue weighted by atomic mass is 79.9. The molecule has 1 aliphatic carbocycles. The van der Waals surface area contributed by atoms with Crippen molar-refractivity contribution in [3.05, 3.63) is 27.1 Å². The SMILES string of the molecule is O=S(=O)(CCNC1CC1)Nc1ccc(Br)cc1Br. The van der Waals surface area contributed by atoms with E-state index in [9.17, 15) is 8.42 Å². The van der Waals surface area contributed by atoms with Gasteiger partial charge in [0.1, 0.15) is 0 Å². The molecule has 0 unspecified atom stereocenters. The Morgan fingerprint density at radius 1 is 1.28 bits per heavy atom. The standard InChI is InChI=1S/C11H14Br2N2O2S/c12-8-1-4-11(10(13)7-8)15-18(16,17)6-5-14-9-2-3-9/h1,4,7,9,14-15H,2-3,5-6H2. The second kappa shape index (κ2) is 5.90. The van der Waals surface area contributed by atoms with E-state index < -0.39 is 10.0 Å². The van der Waals surface area contributed by atoms with E-state index in [-0.39, 0.29) is 5.75 Å². The van der Waals surface area contributed by atoms with Crippen LogP contribution in [0.25, 0.3) is 0 Å². The van der Waals surface area contributed by atoms with Crippen LogP contribution in [0.5, 0.6) is 0 Å². The Morgan fingerprint density at radius 3 is 2.61 bits per heavy atom. The van der Waals surface area contributed by atoms with E-state index in [2.05, 4.69) is 41.9 Å². The third-order valence-corrected chi connectivity index (χ3v) is 5.00. The zero-order valence-corrected chi connectivity index (χ0v) is 13.6. The Balaban J connectivity index is 1.93. The molecule has 0 radical (unpaired) electrons. The first-order valence-corrected chi connectivity index (χ1v) is 8.89. The molecule has 100 valence electrons. The highest BCUT2D eigenvalue weighted by molar-refractivity contribution is 9.11. The lowest BCUT2D eigenvalue weighted by Crippen LogP contribution is -2.28. The minimum Gasteiger partial charge on any atom is -0.313 e. The zero-order valence-electron chi connectivity index (χ0n) is 9.62. The molecule has 0 atom stereocenters. The number of nitrogens with one attached hydrogen (secondary N) is 2. The second-order valence-electron chi connectivity index (χ2n) is 4.27. The first-order chi connectivity index (χ1) is 8.46. The monoisotopic (exact) mass is 396 g/mol. The molecule has 0 aliphatic heterocycles. The number of hydrogen-bond acceptors (Lipinski definition) is 3. The van der Waals surface area contributed by atoms with Crippen LogP contribution in [0.1, 0.15) is 12.8 Å². The summed E-state index contributed by atoms with van der Waals surface area (Å²) in [7, 11) is -3.30. The maximum absolute atomic E-state index is 11.9. The summed E-state index contributed by atoms with van der Waals surface area (Å²) in [5.41, 5.74) is 0.560. The molecule has 1 aliphatic rings. The third kappa shape index (κ3) is 4.53. The quantitative estimate of drug-likeness (QED) is 0.775. The molecular formula is C11H14Br2N2O2S. The number of sulfonamides is 1. The number of rotatable bonds is 6. The van der Waals surface area contributed by atoms with Crippen molar-refractivity contribution in [1.82, 2.24) is 5.32 Å². The molecule has 0 saturated heterocycles. The summed E-state index contributed by atoms with van der Waals surface area (Å²) in [4.78, 5) is 0. The molecule has 2 N–H and O–H groups in total. The van der Waals surface area contributed by atoms with Crippen molar-refractivity contribution < 1.29 is 8.42 Å². The molecule has 0 spiro atoms. The van der Waals surface area contributed by atoms with Crippen molar-refractivity contribution in [1.29, 1.82) is 0 Å². The van der Waals surface area contributed by atoms with Crippen LogP contribution in [0.2, 0.25) is 0 Å². The molecule has 1 fully saturated rings. The highest BCUT2D eigenvalue weighted by Crippen LogP contribution is 2.27. The first-order valence-electron chi connectivity index (χ1n) is 5.65. The summed E-state index contributed by atoms with van der Waals surface area (Å²) in [5, 5.41) is 3.18. The normalized spacial score (nSPS) is 15.7. The minimum atomic E-state index is -3.30. The molecule has 1 aromatic carbocycles. The number of benzene rings is 1. The van der Waals surface area contributed by atoms with Crippen molar-refractivity contribution in [2.24, 2.45) is 0 Å². The average molecular weight is 398 g/mol. The summed E-state index contributed by atoms with van der Waals surface area (Å²) in [6.07, 6.45) is 2.32. The van der Waals surface area contributed by atoms with Crippen molar-refractivity contribution in [2.75, 3.05) is 17.0 Å². The van der Waals surface area contributed by atoms with Gasteiger partial charge in [0.2, 0.25) is 10.0 Å². The van der Waals surface area contributed by atoms with Gasteiger partial charge in [-0.15, -0.1) is 0 Å². The van der Waals surface area contributed by atoms with Gasteiger partial charge in [-0.05, 0) is 47.0 Å². The van der Waals surface area contributed by atoms with Gasteiger partial charge < -0.3 is 5.32 Å². The summed E-state index contributed by atoms with van der Waals surface area (Å²) in [6, 6.07) is 5.85. The van der Waals surface area contributed by atoms with Crippen LogP contribution in [0, 0.1) is 0 Å². The van der Waals surface area contributed by atoms with Gasteiger partial charge in [0.15, 0.2) is 0 Å². The van der Waals surface area contributed by atoms with E-state index in [1.807, 2.05) is 0 Å². The lowest BCUT2D eigenvalue weighted by atomic mass is 10.3. The summed E-state index contributed by atoms with van der Waals surface area (Å²) >= 11 is 6.65. The second-order valence-corrected chi connectivity index (χ2v) is 7.89. The molecule has 0 amide bonds. The largest absolute Gasteiger partial charge is 0.313 e. The van der Waals surface area contributed by atoms with Crippen LogP contribution >= 0.6 is 31.9 Å². The molecule has 18 heavy (non-hydrogen) atoms. The topological polar surface area (TPSA) is 58.2 Å². The number of halogens is 2. The molecule has 0 heterocycles. The van der Waals surface area contributed by atoms with Crippen molar-refractivity contribution in [3.63, 3.8) is 0 Å². The Hall–Kier alpha value is -0.110. The van der Waals surface area contributed by atoms with Crippen LogP contribution in [0.3, 0.4) is 0 Å². The van der Waals surface area contributed by atoms with Gasteiger partial charge in [0.05, 0.1) is 11.4 Å². The van der Waals surface area contributed by atoms with Crippen molar-refractivity contribution >= 4 is 47.6 Å². The van der Waals surface area contributed by atoms with Gasteiger partial charge in [-0.1, -0.05) is 15.9 Å². The van der Waals surface area contributed by atoms with Crippen molar-refractivity contribution in [3.8, 4) is 0 Å². The minimum absolute atomic E-state index is 0.0893. The molecular weight excluding hydrogens is 384 g/mol. The van der Waals surface area contributed by atoms with Gasteiger partial charge in [-0.3, -0.25) is 4.72 Å². The van der Waals surface area contributed by atoms with Crippen LogP contribution in [0.15, 0.2) is 27.1 Å². The fourth-order valence-electron chi connectivity index (χ4n) is 1.48. The zero-order chi connectivity index (χ0) is 13.2. The molecule has 2 rings (SSSR count). The Bertz CT molecular complexity index is 530. The molecule has 1 aromatic rings. The maximum Gasteiger partial charge on any atom is 0.234 e. The predicted octanol–water partition coefficient (Wildman–Crippen LogP) is 2.71. The van der Waals surface area contributed by atoms with Crippen molar-refractivity contribution in [2.45, 2.75) is 18.9 Å². The number of hydrogen-bond donors (Lipinski definition) is 2. The molecule has 7 heteroatoms. The van der Waals surface area contributed by atoms with Crippen LogP contribution in [-0.2, 0) is 10.0 Å². The lowest BCUT2D eigenvalue weighted by Gasteiger charge is -2.10. The Labute approximate surface area is 124 Å². The summed E-state index contributed by atoms with van der Waals surface area (Å²) in [6.45, 7) is 0.494.